The van der Waals surface area contributed by atoms with Crippen molar-refractivity contribution in [1.82, 2.24) is 0 Å². The average Bonchev–Trinajstić information content (AvgIpc) is 2.79. The number of sulfone groups is 1. The Balaban J connectivity index is 1.83. The summed E-state index contributed by atoms with van der Waals surface area (Å²) in [5, 5.41) is 24.3. The lowest BCUT2D eigenvalue weighted by atomic mass is 10.2. The molecule has 0 aliphatic heterocycles. The van der Waals surface area contributed by atoms with E-state index in [-0.39, 0.29) is 16.3 Å². The van der Waals surface area contributed by atoms with Crippen LogP contribution < -0.4 is 5.32 Å². The van der Waals surface area contributed by atoms with Crippen LogP contribution in [0, 0.1) is 20.2 Å². The third-order valence-corrected chi connectivity index (χ3v) is 7.80. The number of hydrogen-bond donors (Lipinski definition) is 1. The van der Waals surface area contributed by atoms with Gasteiger partial charge in [0.05, 0.1) is 25.5 Å². The molecule has 0 saturated carbocycles. The Labute approximate surface area is 189 Å². The highest BCUT2D eigenvalue weighted by atomic mass is 35.5. The zero-order chi connectivity index (χ0) is 23.5. The van der Waals surface area contributed by atoms with Gasteiger partial charge in [0.15, 0.2) is 9.84 Å². The predicted octanol–water partition coefficient (Wildman–Crippen LogP) is 4.38. The van der Waals surface area contributed by atoms with Crippen molar-refractivity contribution in [3.63, 3.8) is 0 Å². The summed E-state index contributed by atoms with van der Waals surface area (Å²) < 4.78 is 36.4. The van der Waals surface area contributed by atoms with Crippen LogP contribution in [-0.4, -0.2) is 27.7 Å². The first kappa shape index (κ1) is 23.3. The fraction of sp³-hybridized carbons (Fsp3) is 0.0526. The van der Waals surface area contributed by atoms with Crippen LogP contribution in [-0.2, 0) is 20.6 Å². The Morgan fingerprint density at radius 3 is 1.94 bits per heavy atom. The molecule has 0 aliphatic carbocycles. The van der Waals surface area contributed by atoms with E-state index in [1.165, 1.54) is 48.5 Å². The Hall–Kier alpha value is -3.35. The third kappa shape index (κ3) is 5.10. The smallest absolute Gasteiger partial charge is 0.293 e. The second-order valence-electron chi connectivity index (χ2n) is 6.33. The Morgan fingerprint density at radius 1 is 0.875 bits per heavy atom. The molecule has 166 valence electrons. The number of hydrogen-bond acceptors (Lipinski definition) is 8. The van der Waals surface area contributed by atoms with Gasteiger partial charge in [-0.2, -0.15) is 0 Å². The van der Waals surface area contributed by atoms with E-state index < -0.39 is 41.4 Å². The molecule has 0 fully saturated rings. The maximum Gasteiger partial charge on any atom is 0.293 e. The molecule has 0 aliphatic rings. The summed E-state index contributed by atoms with van der Waals surface area (Å²) in [5.41, 5.74) is -0.0650. The molecule has 10 nitrogen and oxygen atoms in total. The van der Waals surface area contributed by atoms with Crippen LogP contribution in [0.5, 0.6) is 0 Å². The lowest BCUT2D eigenvalue weighted by molar-refractivity contribution is -0.384. The van der Waals surface area contributed by atoms with Crippen molar-refractivity contribution in [3.8, 4) is 0 Å². The Kier molecular flexibility index (Phi) is 6.87. The van der Waals surface area contributed by atoms with Crippen molar-refractivity contribution < 1.29 is 22.5 Å². The monoisotopic (exact) mass is 495 g/mol. The number of nitrogens with zero attached hydrogens (tertiary/aromatic N) is 2. The first-order valence-electron chi connectivity index (χ1n) is 8.73. The number of rotatable bonds is 8. The largest absolute Gasteiger partial charge is 0.350 e. The van der Waals surface area contributed by atoms with Crippen molar-refractivity contribution in [2.75, 3.05) is 10.5 Å². The molecule has 0 bridgehead atoms. The summed E-state index contributed by atoms with van der Waals surface area (Å²) in [7, 11) is -5.42. The molecule has 3 aromatic rings. The van der Waals surface area contributed by atoms with Crippen LogP contribution in [0.1, 0.15) is 0 Å². The second kappa shape index (κ2) is 9.42. The lowest BCUT2D eigenvalue weighted by Gasteiger charge is -2.10. The van der Waals surface area contributed by atoms with Crippen LogP contribution in [0.25, 0.3) is 0 Å². The molecular formula is C19H14ClN3O7S2. The van der Waals surface area contributed by atoms with Gasteiger partial charge in [0.1, 0.15) is 10.9 Å². The third-order valence-electron chi connectivity index (χ3n) is 4.28. The molecule has 1 unspecified atom stereocenters. The SMILES string of the molecule is O=[N+]([O-])c1ccc(S(=O)c2ccc(Nc3ccc(S(=O)(=O)CCl)cc3[N+](=O)[O-])cc2)cc1. The summed E-state index contributed by atoms with van der Waals surface area (Å²) in [6, 6.07) is 14.9. The van der Waals surface area contributed by atoms with Gasteiger partial charge in [-0.1, -0.05) is 0 Å². The predicted molar refractivity (Wildman–Crippen MR) is 118 cm³/mol. The highest BCUT2D eigenvalue weighted by Crippen LogP contribution is 2.31. The van der Waals surface area contributed by atoms with E-state index >= 15 is 0 Å². The number of nitrogens with one attached hydrogen (secondary N) is 1. The number of anilines is 2. The quantitative estimate of drug-likeness (QED) is 0.274. The lowest BCUT2D eigenvalue weighted by Crippen LogP contribution is -2.04. The molecule has 3 aromatic carbocycles. The number of halogens is 1. The van der Waals surface area contributed by atoms with Gasteiger partial charge in [-0.05, 0) is 48.5 Å². The molecule has 0 spiro atoms. The maximum atomic E-state index is 12.7. The number of nitro groups is 2. The molecule has 0 amide bonds. The fourth-order valence-electron chi connectivity index (χ4n) is 2.67. The maximum absolute atomic E-state index is 12.7. The molecule has 0 aromatic heterocycles. The van der Waals surface area contributed by atoms with Gasteiger partial charge in [-0.15, -0.1) is 11.6 Å². The van der Waals surface area contributed by atoms with Crippen molar-refractivity contribution in [2.24, 2.45) is 0 Å². The van der Waals surface area contributed by atoms with Gasteiger partial charge in [-0.3, -0.25) is 20.2 Å². The minimum Gasteiger partial charge on any atom is -0.350 e. The topological polar surface area (TPSA) is 150 Å². The first-order valence-corrected chi connectivity index (χ1v) is 12.1. The molecule has 3 rings (SSSR count). The molecule has 1 atom stereocenters. The van der Waals surface area contributed by atoms with E-state index in [1.54, 1.807) is 12.1 Å². The van der Waals surface area contributed by atoms with Crippen molar-refractivity contribution >= 4 is 55.0 Å². The van der Waals surface area contributed by atoms with Crippen LogP contribution in [0.4, 0.5) is 22.7 Å². The van der Waals surface area contributed by atoms with E-state index in [2.05, 4.69) is 5.32 Å². The minimum atomic E-state index is -3.83. The van der Waals surface area contributed by atoms with Gasteiger partial charge in [-0.25, -0.2) is 12.6 Å². The average molecular weight is 496 g/mol. The van der Waals surface area contributed by atoms with E-state index in [4.69, 9.17) is 11.6 Å². The minimum absolute atomic E-state index is 0.0627. The summed E-state index contributed by atoms with van der Waals surface area (Å²) in [6.45, 7) is 0. The summed E-state index contributed by atoms with van der Waals surface area (Å²) in [5.74, 6) is 0. The summed E-state index contributed by atoms with van der Waals surface area (Å²) >= 11 is 5.41. The zero-order valence-electron chi connectivity index (χ0n) is 16.0. The first-order chi connectivity index (χ1) is 15.1. The van der Waals surface area contributed by atoms with Gasteiger partial charge >= 0.3 is 0 Å². The van der Waals surface area contributed by atoms with Gasteiger partial charge in [0.2, 0.25) is 0 Å². The highest BCUT2D eigenvalue weighted by Gasteiger charge is 2.21. The van der Waals surface area contributed by atoms with Crippen LogP contribution in [0.2, 0.25) is 0 Å². The van der Waals surface area contributed by atoms with Gasteiger partial charge in [0, 0.05) is 33.7 Å². The highest BCUT2D eigenvalue weighted by molar-refractivity contribution is 7.92. The van der Waals surface area contributed by atoms with Crippen molar-refractivity contribution in [3.05, 3.63) is 87.0 Å². The van der Waals surface area contributed by atoms with Crippen LogP contribution in [0.3, 0.4) is 0 Å². The number of alkyl halides is 1. The van der Waals surface area contributed by atoms with E-state index in [9.17, 15) is 32.9 Å². The summed E-state index contributed by atoms with van der Waals surface area (Å²) in [4.78, 5) is 21.4. The molecule has 0 saturated heterocycles. The molecular weight excluding hydrogens is 482 g/mol. The standard InChI is InChI=1S/C19H14ClN3O7S2/c20-12-32(29,30)17-9-10-18(19(11-17)23(26)27)21-13-1-5-15(6-2-13)31(28)16-7-3-14(4-8-16)22(24)25/h1-11,21H,12H2. The van der Waals surface area contributed by atoms with Gasteiger partial charge < -0.3 is 5.32 Å². The van der Waals surface area contributed by atoms with Crippen molar-refractivity contribution in [2.45, 2.75) is 14.7 Å². The van der Waals surface area contributed by atoms with E-state index in [0.29, 0.717) is 15.5 Å². The Bertz CT molecular complexity index is 1310. The fourth-order valence-corrected chi connectivity index (χ4v) is 4.78. The molecule has 1 N–H and O–H groups in total. The second-order valence-corrected chi connectivity index (χ2v) is 10.4. The van der Waals surface area contributed by atoms with E-state index in [0.717, 1.165) is 6.07 Å². The number of benzene rings is 3. The molecule has 0 radical (unpaired) electrons. The van der Waals surface area contributed by atoms with Crippen LogP contribution in [0.15, 0.2) is 81.4 Å². The Morgan fingerprint density at radius 2 is 1.44 bits per heavy atom. The normalized spacial score (nSPS) is 12.2. The van der Waals surface area contributed by atoms with Crippen molar-refractivity contribution in [1.29, 1.82) is 0 Å². The van der Waals surface area contributed by atoms with E-state index in [1.807, 2.05) is 0 Å². The number of nitro benzene ring substituents is 2. The van der Waals surface area contributed by atoms with Crippen LogP contribution >= 0.6 is 11.6 Å². The molecule has 13 heteroatoms. The van der Waals surface area contributed by atoms with Gasteiger partial charge in [0.25, 0.3) is 11.4 Å². The molecule has 32 heavy (non-hydrogen) atoms. The molecule has 0 heterocycles. The zero-order valence-corrected chi connectivity index (χ0v) is 18.4. The number of non-ortho nitro benzene ring substituents is 1. The summed E-state index contributed by atoms with van der Waals surface area (Å²) in [6.07, 6.45) is 0.